The molecular weight excluding hydrogens is 301 g/mol. The van der Waals surface area contributed by atoms with Crippen LogP contribution in [-0.2, 0) is 0 Å². The molecule has 0 bridgehead atoms. The molecule has 0 aliphatic carbocycles. The summed E-state index contributed by atoms with van der Waals surface area (Å²) in [6, 6.07) is 15.0. The summed E-state index contributed by atoms with van der Waals surface area (Å²) in [5.41, 5.74) is 3.07. The van der Waals surface area contributed by atoms with E-state index in [1.54, 1.807) is 23.1 Å². The van der Waals surface area contributed by atoms with Gasteiger partial charge < -0.3 is 0 Å². The average Bonchev–Trinajstić information content (AvgIpc) is 2.90. The van der Waals surface area contributed by atoms with E-state index >= 15 is 0 Å². The number of aromatic nitrogens is 1. The van der Waals surface area contributed by atoms with Crippen LogP contribution in [0.5, 0.6) is 0 Å². The Morgan fingerprint density at radius 3 is 2.19 bits per heavy atom. The fourth-order valence-corrected chi connectivity index (χ4v) is 3.52. The standard InChI is InChI=1S/C17H14FNS2/c1-11-19-16(12-5-9-15(20-2)10-6-12)17(21-11)13-3-7-14(18)8-4-13/h3-10H,1-2H3. The van der Waals surface area contributed by atoms with Gasteiger partial charge in [-0.2, -0.15) is 0 Å². The number of hydrogen-bond acceptors (Lipinski definition) is 3. The molecular formula is C17H14FNS2. The molecule has 1 heterocycles. The number of nitrogens with zero attached hydrogens (tertiary/aromatic N) is 1. The molecule has 0 N–H and O–H groups in total. The van der Waals surface area contributed by atoms with E-state index in [0.29, 0.717) is 0 Å². The molecule has 21 heavy (non-hydrogen) atoms. The summed E-state index contributed by atoms with van der Waals surface area (Å²) in [6.45, 7) is 2.00. The summed E-state index contributed by atoms with van der Waals surface area (Å²) >= 11 is 3.36. The second kappa shape index (κ2) is 6.00. The first-order chi connectivity index (χ1) is 10.2. The maximum atomic E-state index is 13.1. The zero-order valence-corrected chi connectivity index (χ0v) is 13.4. The van der Waals surface area contributed by atoms with Gasteiger partial charge in [0.25, 0.3) is 0 Å². The molecule has 1 aromatic heterocycles. The Hall–Kier alpha value is -1.65. The van der Waals surface area contributed by atoms with Crippen LogP contribution in [0.25, 0.3) is 21.7 Å². The maximum absolute atomic E-state index is 13.1. The van der Waals surface area contributed by atoms with Gasteiger partial charge in [-0.1, -0.05) is 24.3 Å². The van der Waals surface area contributed by atoms with Gasteiger partial charge in [0.1, 0.15) is 5.82 Å². The van der Waals surface area contributed by atoms with Crippen LogP contribution in [-0.4, -0.2) is 11.2 Å². The zero-order valence-electron chi connectivity index (χ0n) is 11.8. The van der Waals surface area contributed by atoms with Crippen molar-refractivity contribution in [3.8, 4) is 21.7 Å². The van der Waals surface area contributed by atoms with Gasteiger partial charge in [-0.05, 0) is 43.0 Å². The van der Waals surface area contributed by atoms with Crippen molar-refractivity contribution in [3.63, 3.8) is 0 Å². The first kappa shape index (κ1) is 14.3. The molecule has 4 heteroatoms. The second-order valence-corrected chi connectivity index (χ2v) is 6.73. The minimum Gasteiger partial charge on any atom is -0.241 e. The van der Waals surface area contributed by atoms with Gasteiger partial charge >= 0.3 is 0 Å². The molecule has 0 radical (unpaired) electrons. The first-order valence-electron chi connectivity index (χ1n) is 6.55. The summed E-state index contributed by atoms with van der Waals surface area (Å²) in [7, 11) is 0. The van der Waals surface area contributed by atoms with Gasteiger partial charge in [0.15, 0.2) is 0 Å². The highest BCUT2D eigenvalue weighted by Crippen LogP contribution is 2.37. The predicted octanol–water partition coefficient (Wildman–Crippen LogP) is 5.65. The first-order valence-corrected chi connectivity index (χ1v) is 8.59. The van der Waals surface area contributed by atoms with Crippen LogP contribution in [0.3, 0.4) is 0 Å². The summed E-state index contributed by atoms with van der Waals surface area (Å²) in [4.78, 5) is 6.97. The lowest BCUT2D eigenvalue weighted by Crippen LogP contribution is -1.83. The number of thioether (sulfide) groups is 1. The van der Waals surface area contributed by atoms with Gasteiger partial charge in [0.05, 0.1) is 15.6 Å². The average molecular weight is 315 g/mol. The third-order valence-electron chi connectivity index (χ3n) is 3.20. The fourth-order valence-electron chi connectivity index (χ4n) is 2.17. The Balaban J connectivity index is 2.08. The van der Waals surface area contributed by atoms with E-state index in [1.807, 2.05) is 19.1 Å². The number of rotatable bonds is 3. The molecule has 0 spiro atoms. The Morgan fingerprint density at radius 1 is 0.952 bits per heavy atom. The molecule has 1 nitrogen and oxygen atoms in total. The second-order valence-electron chi connectivity index (χ2n) is 4.65. The maximum Gasteiger partial charge on any atom is 0.123 e. The Bertz CT molecular complexity index is 745. The summed E-state index contributed by atoms with van der Waals surface area (Å²) in [6.07, 6.45) is 2.06. The Kier molecular flexibility index (Phi) is 4.08. The lowest BCUT2D eigenvalue weighted by atomic mass is 10.1. The van der Waals surface area contributed by atoms with Crippen LogP contribution in [0, 0.1) is 12.7 Å². The molecule has 0 unspecified atom stereocenters. The van der Waals surface area contributed by atoms with Gasteiger partial charge in [-0.15, -0.1) is 23.1 Å². The monoisotopic (exact) mass is 315 g/mol. The zero-order chi connectivity index (χ0) is 14.8. The van der Waals surface area contributed by atoms with E-state index in [1.165, 1.54) is 17.0 Å². The van der Waals surface area contributed by atoms with Crippen molar-refractivity contribution in [2.24, 2.45) is 0 Å². The van der Waals surface area contributed by atoms with Crippen LogP contribution >= 0.6 is 23.1 Å². The van der Waals surface area contributed by atoms with Crippen LogP contribution in [0.1, 0.15) is 5.01 Å². The molecule has 0 aliphatic rings. The predicted molar refractivity (Wildman–Crippen MR) is 89.5 cm³/mol. The smallest absolute Gasteiger partial charge is 0.123 e. The molecule has 3 rings (SSSR count). The highest BCUT2D eigenvalue weighted by Gasteiger charge is 2.13. The molecule has 0 saturated carbocycles. The quantitative estimate of drug-likeness (QED) is 0.580. The SMILES string of the molecule is CSc1ccc(-c2nc(C)sc2-c2ccc(F)cc2)cc1. The molecule has 0 aliphatic heterocycles. The van der Waals surface area contributed by atoms with Crippen molar-refractivity contribution >= 4 is 23.1 Å². The Morgan fingerprint density at radius 2 is 1.57 bits per heavy atom. The largest absolute Gasteiger partial charge is 0.241 e. The summed E-state index contributed by atoms with van der Waals surface area (Å²) in [5, 5.41) is 1.01. The molecule has 0 saturated heterocycles. The molecule has 0 amide bonds. The van der Waals surface area contributed by atoms with E-state index in [0.717, 1.165) is 26.7 Å². The Labute approximate surface area is 131 Å². The molecule has 106 valence electrons. The van der Waals surface area contributed by atoms with E-state index in [9.17, 15) is 4.39 Å². The van der Waals surface area contributed by atoms with E-state index in [2.05, 4.69) is 35.5 Å². The molecule has 0 fully saturated rings. The number of hydrogen-bond donors (Lipinski definition) is 0. The van der Waals surface area contributed by atoms with Gasteiger partial charge in [-0.3, -0.25) is 0 Å². The van der Waals surface area contributed by atoms with Crippen molar-refractivity contribution < 1.29 is 4.39 Å². The van der Waals surface area contributed by atoms with E-state index < -0.39 is 0 Å². The van der Waals surface area contributed by atoms with Gasteiger partial charge in [0, 0.05) is 10.5 Å². The minimum absolute atomic E-state index is 0.217. The van der Waals surface area contributed by atoms with Crippen molar-refractivity contribution in [1.82, 2.24) is 4.98 Å². The van der Waals surface area contributed by atoms with Crippen molar-refractivity contribution in [2.75, 3.05) is 6.26 Å². The van der Waals surface area contributed by atoms with Crippen molar-refractivity contribution in [3.05, 3.63) is 59.4 Å². The number of benzene rings is 2. The minimum atomic E-state index is -0.217. The van der Waals surface area contributed by atoms with Gasteiger partial charge in [0.2, 0.25) is 0 Å². The number of halogens is 1. The highest BCUT2D eigenvalue weighted by molar-refractivity contribution is 7.98. The topological polar surface area (TPSA) is 12.9 Å². The number of thiazole rings is 1. The number of aryl methyl sites for hydroxylation is 1. The molecule has 2 aromatic carbocycles. The fraction of sp³-hybridized carbons (Fsp3) is 0.118. The van der Waals surface area contributed by atoms with E-state index in [-0.39, 0.29) is 5.82 Å². The van der Waals surface area contributed by atoms with Crippen molar-refractivity contribution in [2.45, 2.75) is 11.8 Å². The summed E-state index contributed by atoms with van der Waals surface area (Å²) in [5.74, 6) is -0.217. The van der Waals surface area contributed by atoms with Crippen LogP contribution < -0.4 is 0 Å². The van der Waals surface area contributed by atoms with Crippen molar-refractivity contribution in [1.29, 1.82) is 0 Å². The van der Waals surface area contributed by atoms with Crippen LogP contribution in [0.2, 0.25) is 0 Å². The summed E-state index contributed by atoms with van der Waals surface area (Å²) < 4.78 is 13.1. The van der Waals surface area contributed by atoms with Gasteiger partial charge in [-0.25, -0.2) is 9.37 Å². The lowest BCUT2D eigenvalue weighted by molar-refractivity contribution is 0.628. The van der Waals surface area contributed by atoms with Crippen LogP contribution in [0.4, 0.5) is 4.39 Å². The normalized spacial score (nSPS) is 10.8. The van der Waals surface area contributed by atoms with E-state index in [4.69, 9.17) is 0 Å². The third kappa shape index (κ3) is 3.01. The molecule has 3 aromatic rings. The molecule has 0 atom stereocenters. The van der Waals surface area contributed by atoms with Crippen LogP contribution in [0.15, 0.2) is 53.4 Å². The highest BCUT2D eigenvalue weighted by atomic mass is 32.2. The third-order valence-corrected chi connectivity index (χ3v) is 4.97. The lowest BCUT2D eigenvalue weighted by Gasteiger charge is -2.04.